The van der Waals surface area contributed by atoms with Crippen LogP contribution in [0.5, 0.6) is 0 Å². The van der Waals surface area contributed by atoms with Gasteiger partial charge >= 0.3 is 0 Å². The summed E-state index contributed by atoms with van der Waals surface area (Å²) in [6, 6.07) is 10.8. The average Bonchev–Trinajstić information content (AvgIpc) is 2.52. The Morgan fingerprint density at radius 3 is 2.70 bits per heavy atom. The molecule has 1 aliphatic carbocycles. The topological polar surface area (TPSA) is 62.8 Å². The number of rotatable bonds is 4. The predicted molar refractivity (Wildman–Crippen MR) is 87.9 cm³/mol. The first-order valence-corrected chi connectivity index (χ1v) is 8.10. The van der Waals surface area contributed by atoms with Crippen LogP contribution in [0.2, 0.25) is 0 Å². The lowest BCUT2D eigenvalue weighted by Gasteiger charge is -2.18. The normalized spacial score (nSPS) is 17.6. The second-order valence-electron chi connectivity index (χ2n) is 4.90. The van der Waals surface area contributed by atoms with E-state index in [9.17, 15) is 0 Å². The van der Waals surface area contributed by atoms with Crippen molar-refractivity contribution in [3.63, 3.8) is 0 Å². The van der Waals surface area contributed by atoms with Gasteiger partial charge in [0.2, 0.25) is 0 Å². The van der Waals surface area contributed by atoms with Crippen molar-refractivity contribution < 1.29 is 0 Å². The molecular formula is C15H22N4S. The Morgan fingerprint density at radius 2 is 2.00 bits per heavy atom. The van der Waals surface area contributed by atoms with Crippen LogP contribution in [-0.2, 0) is 5.75 Å². The van der Waals surface area contributed by atoms with E-state index >= 15 is 0 Å². The van der Waals surface area contributed by atoms with E-state index in [0.717, 1.165) is 10.9 Å². The van der Waals surface area contributed by atoms with E-state index in [1.807, 2.05) is 6.07 Å². The van der Waals surface area contributed by atoms with Crippen LogP contribution in [0, 0.1) is 0 Å². The molecule has 1 fully saturated rings. The van der Waals surface area contributed by atoms with Crippen molar-refractivity contribution in [1.82, 2.24) is 5.43 Å². The molecule has 0 spiro atoms. The van der Waals surface area contributed by atoms with E-state index in [-0.39, 0.29) is 0 Å². The molecule has 0 aromatic heterocycles. The summed E-state index contributed by atoms with van der Waals surface area (Å²) in [6.07, 6.45) is 7.76. The molecule has 4 nitrogen and oxygen atoms in total. The highest BCUT2D eigenvalue weighted by Crippen LogP contribution is 2.23. The standard InChI is InChI=1S/C15H22N4S/c16-18-12-17-15(19-14-9-5-2-6-10-14)20-11-13-7-3-1-4-8-13/h1,3-4,7-8,12,14H,2,5-6,9-11,16H2,(H,17,18,19). The van der Waals surface area contributed by atoms with Gasteiger partial charge in [0.05, 0.1) is 6.04 Å². The Kier molecular flexibility index (Phi) is 6.60. The summed E-state index contributed by atoms with van der Waals surface area (Å²) in [5.41, 5.74) is 3.73. The van der Waals surface area contributed by atoms with Gasteiger partial charge in [-0.05, 0) is 18.4 Å². The van der Waals surface area contributed by atoms with Crippen LogP contribution < -0.4 is 11.3 Å². The summed E-state index contributed by atoms with van der Waals surface area (Å²) in [5, 5.41) is 0.818. The molecule has 0 atom stereocenters. The van der Waals surface area contributed by atoms with E-state index in [1.165, 1.54) is 44.0 Å². The second kappa shape index (κ2) is 8.76. The molecule has 1 aliphatic rings. The molecule has 0 saturated heterocycles. The van der Waals surface area contributed by atoms with Crippen LogP contribution in [0.15, 0.2) is 40.3 Å². The van der Waals surface area contributed by atoms with Crippen molar-refractivity contribution in [1.29, 1.82) is 0 Å². The number of thioether (sulfide) groups is 1. The van der Waals surface area contributed by atoms with Gasteiger partial charge < -0.3 is 5.43 Å². The first-order valence-electron chi connectivity index (χ1n) is 7.11. The lowest BCUT2D eigenvalue weighted by atomic mass is 9.96. The van der Waals surface area contributed by atoms with Gasteiger partial charge in [0.1, 0.15) is 6.34 Å². The number of amidine groups is 1. The summed E-state index contributed by atoms with van der Waals surface area (Å²) in [7, 11) is 0. The van der Waals surface area contributed by atoms with Crippen LogP contribution in [0.1, 0.15) is 37.7 Å². The van der Waals surface area contributed by atoms with Crippen molar-refractivity contribution >= 4 is 23.3 Å². The van der Waals surface area contributed by atoms with E-state index in [0.29, 0.717) is 6.04 Å². The monoisotopic (exact) mass is 290 g/mol. The maximum Gasteiger partial charge on any atom is 0.184 e. The van der Waals surface area contributed by atoms with Crippen molar-refractivity contribution in [3.8, 4) is 0 Å². The van der Waals surface area contributed by atoms with Gasteiger partial charge in [0.25, 0.3) is 0 Å². The largest absolute Gasteiger partial charge is 0.315 e. The van der Waals surface area contributed by atoms with E-state index < -0.39 is 0 Å². The minimum atomic E-state index is 0.428. The lowest BCUT2D eigenvalue weighted by molar-refractivity contribution is 0.444. The third-order valence-electron chi connectivity index (χ3n) is 3.33. The van der Waals surface area contributed by atoms with Gasteiger partial charge in [0.15, 0.2) is 5.17 Å². The van der Waals surface area contributed by atoms with Gasteiger partial charge in [-0.3, -0.25) is 4.99 Å². The van der Waals surface area contributed by atoms with Crippen molar-refractivity contribution in [2.24, 2.45) is 15.8 Å². The number of hydrazine groups is 1. The van der Waals surface area contributed by atoms with E-state index in [4.69, 9.17) is 10.8 Å². The number of hydrogen-bond acceptors (Lipinski definition) is 3. The van der Waals surface area contributed by atoms with E-state index in [1.54, 1.807) is 11.8 Å². The molecule has 1 saturated carbocycles. The Balaban J connectivity index is 1.95. The highest BCUT2D eigenvalue weighted by Gasteiger charge is 2.13. The fourth-order valence-corrected chi connectivity index (χ4v) is 3.13. The summed E-state index contributed by atoms with van der Waals surface area (Å²) in [6.45, 7) is 0. The first-order chi connectivity index (χ1) is 9.88. The number of nitrogens with zero attached hydrogens (tertiary/aromatic N) is 2. The van der Waals surface area contributed by atoms with Crippen LogP contribution in [0.25, 0.3) is 0 Å². The maximum atomic E-state index is 5.25. The lowest BCUT2D eigenvalue weighted by Crippen LogP contribution is -2.20. The van der Waals surface area contributed by atoms with Gasteiger partial charge in [0, 0.05) is 5.75 Å². The number of benzene rings is 1. The Morgan fingerprint density at radius 1 is 1.25 bits per heavy atom. The Hall–Kier alpha value is -1.33. The van der Waals surface area contributed by atoms with Crippen molar-refractivity contribution in [3.05, 3.63) is 35.9 Å². The molecular weight excluding hydrogens is 268 g/mol. The van der Waals surface area contributed by atoms with E-state index in [2.05, 4.69) is 34.7 Å². The SMILES string of the molecule is NN/C=N/C(=NC1CCCCC1)SCc1ccccc1. The molecule has 20 heavy (non-hydrogen) atoms. The zero-order valence-electron chi connectivity index (χ0n) is 11.7. The molecule has 5 heteroatoms. The van der Waals surface area contributed by atoms with Gasteiger partial charge in [-0.25, -0.2) is 10.8 Å². The predicted octanol–water partition coefficient (Wildman–Crippen LogP) is 3.10. The second-order valence-corrected chi connectivity index (χ2v) is 5.85. The number of aliphatic imine (C=N–C) groups is 2. The summed E-state index contributed by atoms with van der Waals surface area (Å²) in [5.74, 6) is 6.14. The Bertz CT molecular complexity index is 438. The van der Waals surface area contributed by atoms with Crippen LogP contribution >= 0.6 is 11.8 Å². The number of hydrogen-bond donors (Lipinski definition) is 2. The fourth-order valence-electron chi connectivity index (χ4n) is 2.29. The molecule has 1 aromatic carbocycles. The van der Waals surface area contributed by atoms with Gasteiger partial charge in [-0.2, -0.15) is 0 Å². The average molecular weight is 290 g/mol. The zero-order valence-corrected chi connectivity index (χ0v) is 12.5. The van der Waals surface area contributed by atoms with Crippen LogP contribution in [0.3, 0.4) is 0 Å². The molecule has 0 unspecified atom stereocenters. The maximum absolute atomic E-state index is 5.25. The van der Waals surface area contributed by atoms with Crippen LogP contribution in [0.4, 0.5) is 0 Å². The minimum absolute atomic E-state index is 0.428. The van der Waals surface area contributed by atoms with Crippen molar-refractivity contribution in [2.45, 2.75) is 43.9 Å². The molecule has 108 valence electrons. The summed E-state index contributed by atoms with van der Waals surface area (Å²) >= 11 is 1.66. The summed E-state index contributed by atoms with van der Waals surface area (Å²) in [4.78, 5) is 9.08. The van der Waals surface area contributed by atoms with Gasteiger partial charge in [-0.1, -0.05) is 61.4 Å². The molecule has 0 aliphatic heterocycles. The fraction of sp³-hybridized carbons (Fsp3) is 0.467. The van der Waals surface area contributed by atoms with Gasteiger partial charge in [-0.15, -0.1) is 0 Å². The summed E-state index contributed by atoms with van der Waals surface area (Å²) < 4.78 is 0. The third-order valence-corrected chi connectivity index (χ3v) is 4.27. The molecule has 1 aromatic rings. The quantitative estimate of drug-likeness (QED) is 0.388. The minimum Gasteiger partial charge on any atom is -0.315 e. The zero-order chi connectivity index (χ0) is 14.0. The molecule has 2 rings (SSSR count). The third kappa shape index (κ3) is 5.35. The Labute approximate surface area is 124 Å². The molecule has 0 bridgehead atoms. The van der Waals surface area contributed by atoms with Crippen LogP contribution in [-0.4, -0.2) is 17.5 Å². The highest BCUT2D eigenvalue weighted by molar-refractivity contribution is 8.13. The molecule has 0 heterocycles. The number of nitrogens with two attached hydrogens (primary N) is 1. The van der Waals surface area contributed by atoms with Crippen molar-refractivity contribution in [2.75, 3.05) is 0 Å². The molecule has 0 amide bonds. The highest BCUT2D eigenvalue weighted by atomic mass is 32.2. The number of nitrogens with one attached hydrogen (secondary N) is 1. The molecule has 0 radical (unpaired) electrons. The first kappa shape index (κ1) is 15.1. The molecule has 3 N–H and O–H groups in total. The smallest absolute Gasteiger partial charge is 0.184 e.